The molecule has 0 saturated carbocycles. The van der Waals surface area contributed by atoms with Gasteiger partial charge >= 0.3 is 0 Å². The fourth-order valence-corrected chi connectivity index (χ4v) is 17.8. The third kappa shape index (κ3) is 2.92. The Bertz CT molecular complexity index is 608. The van der Waals surface area contributed by atoms with Gasteiger partial charge in [0.25, 0.3) is 5.91 Å². The second kappa shape index (κ2) is 6.12. The van der Waals surface area contributed by atoms with Crippen LogP contribution >= 0.6 is 43.4 Å². The molecule has 2 bridgehead atoms. The van der Waals surface area contributed by atoms with Gasteiger partial charge in [0.2, 0.25) is 15.0 Å². The third-order valence-corrected chi connectivity index (χ3v) is 16.2. The Morgan fingerprint density at radius 3 is 1.77 bits per heavy atom. The molecule has 0 radical (unpaired) electrons. The van der Waals surface area contributed by atoms with Crippen LogP contribution < -0.4 is 10.2 Å². The second-order valence-corrected chi connectivity index (χ2v) is 16.4. The van der Waals surface area contributed by atoms with Crippen molar-refractivity contribution in [1.29, 1.82) is 0 Å². The first kappa shape index (κ1) is 16.6. The van der Waals surface area contributed by atoms with Gasteiger partial charge in [-0.25, -0.2) is 9.34 Å². The maximum absolute atomic E-state index is 6.59. The van der Waals surface area contributed by atoms with Crippen LogP contribution in [0.4, 0.5) is 0 Å². The molecule has 7 nitrogen and oxygen atoms in total. The first-order chi connectivity index (χ1) is 10.5. The van der Waals surface area contributed by atoms with Crippen molar-refractivity contribution in [3.8, 4) is 0 Å². The van der Waals surface area contributed by atoms with Crippen molar-refractivity contribution in [2.24, 2.45) is 13.5 Å². The molecule has 4 heterocycles. The SMILES string of the molecule is ClP1(Cl)=NP23=NP4(=N1)NCCCN4CCCCN2CCCN3. The molecule has 2 N–H and O–H groups in total. The zero-order chi connectivity index (χ0) is 15.3. The van der Waals surface area contributed by atoms with Gasteiger partial charge < -0.3 is 0 Å². The maximum Gasteiger partial charge on any atom is 0.257 e. The van der Waals surface area contributed by atoms with Crippen LogP contribution in [0.3, 0.4) is 0 Å². The molecule has 2 fully saturated rings. The standard InChI is InChI=1S/C10H22Cl2N7P3/c11-20(12)15-21-13-5-3-9-18(21)7-1-2-8-19-10-4-6-14-22(19,16-20)17-21/h13-14H,1-10H2. The van der Waals surface area contributed by atoms with Crippen molar-refractivity contribution in [2.45, 2.75) is 25.7 Å². The molecular formula is C10H22Cl2N7P3. The number of nitrogens with one attached hydrogen (secondary N) is 2. The summed E-state index contributed by atoms with van der Waals surface area (Å²) in [4.78, 5) is 0. The van der Waals surface area contributed by atoms with Gasteiger partial charge in [-0.05, 0) is 48.2 Å². The van der Waals surface area contributed by atoms with Gasteiger partial charge in [0, 0.05) is 39.3 Å². The zero-order valence-electron chi connectivity index (χ0n) is 12.4. The molecule has 22 heavy (non-hydrogen) atoms. The van der Waals surface area contributed by atoms with Crippen molar-refractivity contribution in [2.75, 3.05) is 39.3 Å². The summed E-state index contributed by atoms with van der Waals surface area (Å²) in [6.45, 7) is 5.98. The molecule has 0 aromatic rings. The predicted molar refractivity (Wildman–Crippen MR) is 97.4 cm³/mol. The van der Waals surface area contributed by atoms with E-state index in [-0.39, 0.29) is 0 Å². The molecule has 2 spiro atoms. The fourth-order valence-electron chi connectivity index (χ4n) is 3.43. The number of hydrogen-bond acceptors (Lipinski definition) is 7. The quantitative estimate of drug-likeness (QED) is 0.575. The Labute approximate surface area is 141 Å². The van der Waals surface area contributed by atoms with Gasteiger partial charge in [-0.3, -0.25) is 10.2 Å². The van der Waals surface area contributed by atoms with Crippen LogP contribution in [0, 0.1) is 0 Å². The molecule has 4 rings (SSSR count). The number of hydrogen-bond donors (Lipinski definition) is 2. The Kier molecular flexibility index (Phi) is 4.61. The average Bonchev–Trinajstić information content (AvgIpc) is 2.49. The van der Waals surface area contributed by atoms with E-state index in [4.69, 9.17) is 36.0 Å². The van der Waals surface area contributed by atoms with E-state index in [0.29, 0.717) is 0 Å². The van der Waals surface area contributed by atoms with Crippen molar-refractivity contribution < 1.29 is 0 Å². The van der Waals surface area contributed by atoms with Crippen LogP contribution in [-0.4, -0.2) is 48.6 Å². The van der Waals surface area contributed by atoms with Crippen LogP contribution in [0.15, 0.2) is 13.5 Å². The van der Waals surface area contributed by atoms with E-state index in [1.807, 2.05) is 0 Å². The lowest BCUT2D eigenvalue weighted by Crippen LogP contribution is -2.38. The highest BCUT2D eigenvalue weighted by molar-refractivity contribution is 8.13. The minimum absolute atomic E-state index is 0.936. The van der Waals surface area contributed by atoms with Gasteiger partial charge in [-0.2, -0.15) is 13.5 Å². The topological polar surface area (TPSA) is 67.6 Å². The van der Waals surface area contributed by atoms with Gasteiger partial charge in [-0.1, -0.05) is 0 Å². The minimum atomic E-state index is -2.69. The first-order valence-corrected chi connectivity index (χ1v) is 14.7. The number of rotatable bonds is 0. The van der Waals surface area contributed by atoms with Crippen LogP contribution in [0.5, 0.6) is 0 Å². The highest BCUT2D eigenvalue weighted by Crippen LogP contribution is 2.82. The van der Waals surface area contributed by atoms with Crippen LogP contribution in [0.25, 0.3) is 0 Å². The predicted octanol–water partition coefficient (Wildman–Crippen LogP) is 4.70. The van der Waals surface area contributed by atoms with Crippen molar-refractivity contribution >= 4 is 43.4 Å². The van der Waals surface area contributed by atoms with Crippen LogP contribution in [-0.2, 0) is 0 Å². The average molecular weight is 404 g/mol. The molecule has 2 unspecified atom stereocenters. The monoisotopic (exact) mass is 403 g/mol. The van der Waals surface area contributed by atoms with E-state index in [1.165, 1.54) is 12.8 Å². The van der Waals surface area contributed by atoms with E-state index >= 15 is 0 Å². The molecule has 0 amide bonds. The summed E-state index contributed by atoms with van der Waals surface area (Å²) < 4.78 is 19.8. The zero-order valence-corrected chi connectivity index (χ0v) is 16.6. The lowest BCUT2D eigenvalue weighted by atomic mass is 10.3. The van der Waals surface area contributed by atoms with E-state index in [2.05, 4.69) is 19.5 Å². The second-order valence-electron chi connectivity index (χ2n) is 6.00. The summed E-state index contributed by atoms with van der Waals surface area (Å²) >= 11 is 13.2. The van der Waals surface area contributed by atoms with Gasteiger partial charge in [0.15, 0.2) is 0 Å². The molecule has 4 aliphatic rings. The van der Waals surface area contributed by atoms with Crippen molar-refractivity contribution in [3.63, 3.8) is 0 Å². The molecule has 4 aliphatic heterocycles. The first-order valence-electron chi connectivity index (χ1n) is 7.86. The Balaban J connectivity index is 1.95. The molecular weight excluding hydrogens is 382 g/mol. The van der Waals surface area contributed by atoms with E-state index < -0.39 is 20.9 Å². The Morgan fingerprint density at radius 2 is 1.18 bits per heavy atom. The molecule has 0 aliphatic carbocycles. The molecule has 0 aromatic carbocycles. The summed E-state index contributed by atoms with van der Waals surface area (Å²) in [5.74, 6) is -2.69. The van der Waals surface area contributed by atoms with Gasteiger partial charge in [0.05, 0.1) is 0 Å². The number of halogens is 2. The summed E-state index contributed by atoms with van der Waals surface area (Å²) in [6.07, 6.45) is 4.59. The molecule has 12 heteroatoms. The van der Waals surface area contributed by atoms with Crippen LogP contribution in [0.1, 0.15) is 25.7 Å². The summed E-state index contributed by atoms with van der Waals surface area (Å²) in [6, 6.07) is 0. The highest BCUT2D eigenvalue weighted by Gasteiger charge is 2.44. The molecule has 0 aromatic heterocycles. The summed E-state index contributed by atoms with van der Waals surface area (Å²) in [5.41, 5.74) is 0. The molecule has 126 valence electrons. The summed E-state index contributed by atoms with van der Waals surface area (Å²) in [7, 11) is -4.39. The maximum atomic E-state index is 6.59. The lowest BCUT2D eigenvalue weighted by molar-refractivity contribution is 0.372. The Morgan fingerprint density at radius 1 is 0.682 bits per heavy atom. The van der Waals surface area contributed by atoms with Gasteiger partial charge in [0.1, 0.15) is 0 Å². The van der Waals surface area contributed by atoms with Crippen molar-refractivity contribution in [1.82, 2.24) is 19.5 Å². The molecule has 2 saturated heterocycles. The number of nitrogens with zero attached hydrogens (tertiary/aromatic N) is 5. The van der Waals surface area contributed by atoms with E-state index in [9.17, 15) is 0 Å². The highest BCUT2D eigenvalue weighted by atomic mass is 35.9. The third-order valence-electron chi connectivity index (χ3n) is 4.42. The van der Waals surface area contributed by atoms with Crippen molar-refractivity contribution in [3.05, 3.63) is 0 Å². The normalized spacial score (nSPS) is 42.3. The van der Waals surface area contributed by atoms with E-state index in [0.717, 1.165) is 52.1 Å². The fraction of sp³-hybridized carbons (Fsp3) is 1.00. The largest absolute Gasteiger partial charge is 0.257 e. The lowest BCUT2D eigenvalue weighted by Gasteiger charge is -2.44. The van der Waals surface area contributed by atoms with E-state index in [1.54, 1.807) is 0 Å². The van der Waals surface area contributed by atoms with Crippen LogP contribution in [0.2, 0.25) is 0 Å². The van der Waals surface area contributed by atoms with Gasteiger partial charge in [-0.15, -0.1) is 0 Å². The minimum Gasteiger partial charge on any atom is -0.253 e. The Hall–Kier alpha value is 1.11. The smallest absolute Gasteiger partial charge is 0.253 e. The molecule has 2 atom stereocenters. The summed E-state index contributed by atoms with van der Waals surface area (Å²) in [5, 5.41) is 7.22.